The number of rotatable bonds is 5. The van der Waals surface area contributed by atoms with Gasteiger partial charge in [0.2, 0.25) is 0 Å². The van der Waals surface area contributed by atoms with Gasteiger partial charge in [-0.3, -0.25) is 4.68 Å². The van der Waals surface area contributed by atoms with E-state index in [-0.39, 0.29) is 5.75 Å². The summed E-state index contributed by atoms with van der Waals surface area (Å²) < 4.78 is 20.6. The van der Waals surface area contributed by atoms with Crippen LogP contribution in [0.25, 0.3) is 0 Å². The molecule has 0 aliphatic carbocycles. The van der Waals surface area contributed by atoms with Gasteiger partial charge in [0.1, 0.15) is 0 Å². The van der Waals surface area contributed by atoms with Crippen LogP contribution in [0.2, 0.25) is 5.02 Å². The number of benzene rings is 1. The Kier molecular flexibility index (Phi) is 4.20. The van der Waals surface area contributed by atoms with Crippen LogP contribution in [0.3, 0.4) is 0 Å². The molecule has 5 heteroatoms. The maximum atomic E-state index is 13.4. The average molecular weight is 269 g/mol. The third-order valence-corrected chi connectivity index (χ3v) is 2.79. The van der Waals surface area contributed by atoms with Crippen molar-refractivity contribution in [2.24, 2.45) is 0 Å². The number of halogens is 2. The summed E-state index contributed by atoms with van der Waals surface area (Å²) in [7, 11) is 0. The van der Waals surface area contributed by atoms with Crippen molar-refractivity contribution < 1.29 is 9.13 Å². The monoisotopic (exact) mass is 268 g/mol. The smallest absolute Gasteiger partial charge is 0.166 e. The van der Waals surface area contributed by atoms with E-state index in [0.717, 1.165) is 12.1 Å². The Balaban J connectivity index is 1.88. The minimum absolute atomic E-state index is 0.224. The van der Waals surface area contributed by atoms with Gasteiger partial charge in [0.25, 0.3) is 0 Å². The number of hydrogen-bond acceptors (Lipinski definition) is 2. The van der Waals surface area contributed by atoms with Crippen molar-refractivity contribution in [1.29, 1.82) is 0 Å². The Morgan fingerprint density at radius 2 is 2.28 bits per heavy atom. The lowest BCUT2D eigenvalue weighted by molar-refractivity contribution is 0.305. The zero-order valence-corrected chi connectivity index (χ0v) is 10.8. The molecule has 0 saturated heterocycles. The topological polar surface area (TPSA) is 27.1 Å². The fourth-order valence-corrected chi connectivity index (χ4v) is 1.74. The first kappa shape index (κ1) is 12.9. The van der Waals surface area contributed by atoms with Crippen molar-refractivity contribution in [1.82, 2.24) is 9.78 Å². The SMILES string of the molecule is CCn1cc(CCOc2ccc(Cl)cc2F)cn1. The Morgan fingerprint density at radius 1 is 1.44 bits per heavy atom. The van der Waals surface area contributed by atoms with E-state index in [1.54, 1.807) is 12.3 Å². The molecule has 0 spiro atoms. The fourth-order valence-electron chi connectivity index (χ4n) is 1.58. The molecule has 18 heavy (non-hydrogen) atoms. The number of aryl methyl sites for hydroxylation is 1. The summed E-state index contributed by atoms with van der Waals surface area (Å²) in [5.41, 5.74) is 1.08. The molecule has 3 nitrogen and oxygen atoms in total. The highest BCUT2D eigenvalue weighted by Crippen LogP contribution is 2.21. The van der Waals surface area contributed by atoms with Gasteiger partial charge in [-0.25, -0.2) is 4.39 Å². The molecule has 2 rings (SSSR count). The van der Waals surface area contributed by atoms with Gasteiger partial charge in [-0.05, 0) is 30.7 Å². The van der Waals surface area contributed by atoms with Gasteiger partial charge in [-0.2, -0.15) is 5.10 Å². The first-order valence-corrected chi connectivity index (χ1v) is 6.16. The van der Waals surface area contributed by atoms with E-state index in [4.69, 9.17) is 16.3 Å². The highest BCUT2D eigenvalue weighted by molar-refractivity contribution is 6.30. The van der Waals surface area contributed by atoms with Gasteiger partial charge in [-0.15, -0.1) is 0 Å². The van der Waals surface area contributed by atoms with Crippen LogP contribution in [0, 0.1) is 5.82 Å². The van der Waals surface area contributed by atoms with Crippen molar-refractivity contribution in [2.75, 3.05) is 6.61 Å². The Bertz CT molecular complexity index is 527. The Labute approximate surface area is 110 Å². The maximum Gasteiger partial charge on any atom is 0.166 e. The van der Waals surface area contributed by atoms with Gasteiger partial charge >= 0.3 is 0 Å². The molecule has 0 saturated carbocycles. The molecule has 0 aliphatic heterocycles. The molecule has 0 aliphatic rings. The molecule has 0 bridgehead atoms. The van der Waals surface area contributed by atoms with Gasteiger partial charge in [-0.1, -0.05) is 11.6 Å². The van der Waals surface area contributed by atoms with Crippen molar-refractivity contribution in [3.05, 3.63) is 47.0 Å². The average Bonchev–Trinajstić information content (AvgIpc) is 2.80. The van der Waals surface area contributed by atoms with Crippen molar-refractivity contribution >= 4 is 11.6 Å². The normalized spacial score (nSPS) is 10.6. The zero-order chi connectivity index (χ0) is 13.0. The fraction of sp³-hybridized carbons (Fsp3) is 0.308. The van der Waals surface area contributed by atoms with Crippen LogP contribution in [0.5, 0.6) is 5.75 Å². The molecule has 0 fully saturated rings. The lowest BCUT2D eigenvalue weighted by Gasteiger charge is -2.06. The lowest BCUT2D eigenvalue weighted by Crippen LogP contribution is -2.02. The quantitative estimate of drug-likeness (QED) is 0.832. The van der Waals surface area contributed by atoms with E-state index < -0.39 is 5.82 Å². The van der Waals surface area contributed by atoms with Gasteiger partial charge in [0.15, 0.2) is 11.6 Å². The molecule has 96 valence electrons. The zero-order valence-electron chi connectivity index (χ0n) is 10.1. The summed E-state index contributed by atoms with van der Waals surface area (Å²) >= 11 is 5.66. The van der Waals surface area contributed by atoms with Crippen LogP contribution < -0.4 is 4.74 Å². The molecule has 0 unspecified atom stereocenters. The standard InChI is InChI=1S/C13H14ClFN2O/c1-2-17-9-10(8-16-17)5-6-18-13-4-3-11(14)7-12(13)15/h3-4,7-9H,2,5-6H2,1H3. The molecular weight excluding hydrogens is 255 g/mol. The number of aromatic nitrogens is 2. The summed E-state index contributed by atoms with van der Waals surface area (Å²) in [6.07, 6.45) is 4.45. The largest absolute Gasteiger partial charge is 0.490 e. The van der Waals surface area contributed by atoms with Crippen LogP contribution in [-0.2, 0) is 13.0 Å². The predicted octanol–water partition coefficient (Wildman–Crippen LogP) is 3.32. The second-order valence-corrected chi connectivity index (χ2v) is 4.31. The van der Waals surface area contributed by atoms with E-state index in [1.807, 2.05) is 17.8 Å². The first-order valence-electron chi connectivity index (χ1n) is 5.78. The molecule has 0 amide bonds. The third-order valence-electron chi connectivity index (χ3n) is 2.55. The van der Waals surface area contributed by atoms with Crippen LogP contribution in [0.4, 0.5) is 4.39 Å². The minimum atomic E-state index is -0.438. The number of hydrogen-bond donors (Lipinski definition) is 0. The van der Waals surface area contributed by atoms with E-state index in [1.165, 1.54) is 12.1 Å². The van der Waals surface area contributed by atoms with E-state index >= 15 is 0 Å². The second kappa shape index (κ2) is 5.87. The summed E-state index contributed by atoms with van der Waals surface area (Å²) in [4.78, 5) is 0. The molecule has 0 atom stereocenters. The number of nitrogens with zero attached hydrogens (tertiary/aromatic N) is 2. The lowest BCUT2D eigenvalue weighted by atomic mass is 10.3. The van der Waals surface area contributed by atoms with Gasteiger partial charge < -0.3 is 4.74 Å². The summed E-state index contributed by atoms with van der Waals surface area (Å²) in [6, 6.07) is 4.38. The molecule has 0 radical (unpaired) electrons. The van der Waals surface area contributed by atoms with Crippen molar-refractivity contribution in [3.63, 3.8) is 0 Å². The molecule has 1 heterocycles. The predicted molar refractivity (Wildman–Crippen MR) is 68.5 cm³/mol. The molecule has 0 N–H and O–H groups in total. The summed E-state index contributed by atoms with van der Waals surface area (Å²) in [5, 5.41) is 4.52. The van der Waals surface area contributed by atoms with E-state index in [0.29, 0.717) is 18.1 Å². The Hall–Kier alpha value is -1.55. The van der Waals surface area contributed by atoms with Crippen molar-refractivity contribution in [3.8, 4) is 5.75 Å². The molecule has 2 aromatic rings. The molecular formula is C13H14ClFN2O. The Morgan fingerprint density at radius 3 is 2.94 bits per heavy atom. The van der Waals surface area contributed by atoms with Crippen LogP contribution >= 0.6 is 11.6 Å². The van der Waals surface area contributed by atoms with Crippen molar-refractivity contribution in [2.45, 2.75) is 19.9 Å². The highest BCUT2D eigenvalue weighted by Gasteiger charge is 2.04. The summed E-state index contributed by atoms with van der Waals surface area (Å²) in [6.45, 7) is 3.27. The van der Waals surface area contributed by atoms with Gasteiger partial charge in [0.05, 0.1) is 12.8 Å². The molecule has 1 aromatic carbocycles. The van der Waals surface area contributed by atoms with Crippen LogP contribution in [0.15, 0.2) is 30.6 Å². The first-order chi connectivity index (χ1) is 8.69. The maximum absolute atomic E-state index is 13.4. The minimum Gasteiger partial charge on any atom is -0.490 e. The second-order valence-electron chi connectivity index (χ2n) is 3.88. The van der Waals surface area contributed by atoms with E-state index in [9.17, 15) is 4.39 Å². The number of ether oxygens (including phenoxy) is 1. The highest BCUT2D eigenvalue weighted by atomic mass is 35.5. The van der Waals surface area contributed by atoms with Gasteiger partial charge in [0, 0.05) is 24.2 Å². The van der Waals surface area contributed by atoms with Crippen LogP contribution in [-0.4, -0.2) is 16.4 Å². The molecule has 1 aromatic heterocycles. The van der Waals surface area contributed by atoms with E-state index in [2.05, 4.69) is 5.10 Å². The summed E-state index contributed by atoms with van der Waals surface area (Å²) in [5.74, 6) is -0.214. The third kappa shape index (κ3) is 3.23. The van der Waals surface area contributed by atoms with Crippen LogP contribution in [0.1, 0.15) is 12.5 Å².